The summed E-state index contributed by atoms with van der Waals surface area (Å²) in [6, 6.07) is 0. The molecule has 3 N–H and O–H groups in total. The van der Waals surface area contributed by atoms with E-state index in [0.717, 1.165) is 6.42 Å². The molecular formula is C12H10Cl6O5. The number of aliphatic hydroxyl groups excluding tert-OH is 1. The molecule has 0 radical (unpaired) electrons. The summed E-state index contributed by atoms with van der Waals surface area (Å²) in [5.74, 6) is -3.21. The third-order valence-corrected chi connectivity index (χ3v) is 4.15. The van der Waals surface area contributed by atoms with E-state index in [1.807, 2.05) is 6.92 Å². The third-order valence-electron chi connectivity index (χ3n) is 2.26. The highest BCUT2D eigenvalue weighted by Crippen LogP contribution is 2.48. The number of halogens is 6. The van der Waals surface area contributed by atoms with E-state index >= 15 is 0 Å². The first kappa shape index (κ1) is 22.9. The second-order valence-corrected chi connectivity index (χ2v) is 7.31. The fourth-order valence-electron chi connectivity index (χ4n) is 1.35. The molecule has 0 amide bonds. The lowest BCUT2D eigenvalue weighted by atomic mass is 10.0. The van der Waals surface area contributed by atoms with Crippen LogP contribution in [0.2, 0.25) is 15.1 Å². The zero-order chi connectivity index (χ0) is 18.5. The van der Waals surface area contributed by atoms with E-state index < -0.39 is 47.5 Å². The molecule has 0 unspecified atom stereocenters. The first-order valence-corrected chi connectivity index (χ1v) is 8.03. The first-order chi connectivity index (χ1) is 10.4. The molecule has 0 saturated carbocycles. The molecule has 0 spiro atoms. The van der Waals surface area contributed by atoms with E-state index in [2.05, 4.69) is 0 Å². The Balaban J connectivity index is 0.00000108. The highest BCUT2D eigenvalue weighted by Gasteiger charge is 2.38. The largest absolute Gasteiger partial charge is 0.478 e. The topological polar surface area (TPSA) is 94.8 Å². The van der Waals surface area contributed by atoms with Crippen molar-refractivity contribution in [3.05, 3.63) is 31.8 Å². The number of benzene rings is 1. The van der Waals surface area contributed by atoms with Gasteiger partial charge in [-0.05, 0) is 6.42 Å². The highest BCUT2D eigenvalue weighted by atomic mass is 35.6. The van der Waals surface area contributed by atoms with Gasteiger partial charge in [0.25, 0.3) is 0 Å². The SMILES string of the molecule is CCCO.O=C(O)c1c(Cl)c(Cl)c(Cl)c(C(=O)O)c1C(Cl)(Cl)Cl. The number of rotatable bonds is 3. The maximum atomic E-state index is 11.2. The summed E-state index contributed by atoms with van der Waals surface area (Å²) >= 11 is 33.9. The lowest BCUT2D eigenvalue weighted by Gasteiger charge is -2.20. The van der Waals surface area contributed by atoms with Crippen molar-refractivity contribution in [1.29, 1.82) is 0 Å². The fourth-order valence-corrected chi connectivity index (χ4v) is 2.69. The summed E-state index contributed by atoms with van der Waals surface area (Å²) in [7, 11) is 0. The van der Waals surface area contributed by atoms with Crippen LogP contribution in [0.15, 0.2) is 0 Å². The smallest absolute Gasteiger partial charge is 0.337 e. The molecule has 0 aliphatic heterocycles. The summed E-state index contributed by atoms with van der Waals surface area (Å²) in [5, 5.41) is 24.6. The highest BCUT2D eigenvalue weighted by molar-refractivity contribution is 6.67. The number of aliphatic hydroxyl groups is 1. The van der Waals surface area contributed by atoms with Gasteiger partial charge in [0.05, 0.1) is 26.2 Å². The van der Waals surface area contributed by atoms with E-state index in [0.29, 0.717) is 6.61 Å². The summed E-state index contributed by atoms with van der Waals surface area (Å²) in [6.07, 6.45) is 0.875. The minimum atomic E-state index is -2.36. The van der Waals surface area contributed by atoms with Gasteiger partial charge in [-0.3, -0.25) is 0 Å². The molecule has 5 nitrogen and oxygen atoms in total. The van der Waals surface area contributed by atoms with Crippen molar-refractivity contribution in [3.8, 4) is 0 Å². The van der Waals surface area contributed by atoms with Gasteiger partial charge in [-0.1, -0.05) is 76.5 Å². The maximum absolute atomic E-state index is 11.2. The van der Waals surface area contributed by atoms with Gasteiger partial charge >= 0.3 is 11.9 Å². The van der Waals surface area contributed by atoms with Crippen LogP contribution in [0, 0.1) is 0 Å². The summed E-state index contributed by atoms with van der Waals surface area (Å²) < 4.78 is -2.36. The number of aromatic carboxylic acids is 2. The van der Waals surface area contributed by atoms with Gasteiger partial charge in [-0.25, -0.2) is 9.59 Å². The monoisotopic (exact) mass is 444 g/mol. The standard InChI is InChI=1S/C9H2Cl6O4.C3H8O/c10-4-1(7(16)17)3(9(13,14)15)2(8(18)19)5(11)6(4)12;1-2-3-4/h(H,16,17)(H,18,19);4H,2-3H2,1H3. The number of hydrogen-bond donors (Lipinski definition) is 3. The molecule has 1 aromatic rings. The van der Waals surface area contributed by atoms with Crippen LogP contribution in [-0.4, -0.2) is 33.9 Å². The average Bonchev–Trinajstić information content (AvgIpc) is 2.42. The van der Waals surface area contributed by atoms with Gasteiger partial charge in [0, 0.05) is 12.2 Å². The number of alkyl halides is 3. The molecule has 0 atom stereocenters. The van der Waals surface area contributed by atoms with Crippen molar-refractivity contribution in [2.45, 2.75) is 17.1 Å². The molecule has 0 heterocycles. The molecule has 0 fully saturated rings. The van der Waals surface area contributed by atoms with E-state index in [9.17, 15) is 9.59 Å². The normalized spacial score (nSPS) is 10.8. The Morgan fingerprint density at radius 1 is 0.913 bits per heavy atom. The van der Waals surface area contributed by atoms with Gasteiger partial charge in [0.15, 0.2) is 0 Å². The zero-order valence-corrected chi connectivity index (χ0v) is 15.9. The molecule has 0 bridgehead atoms. The molecule has 1 rings (SSSR count). The number of carboxylic acid groups (broad SMARTS) is 2. The maximum Gasteiger partial charge on any atom is 0.337 e. The van der Waals surface area contributed by atoms with Crippen LogP contribution in [0.25, 0.3) is 0 Å². The Bertz CT molecular complexity index is 568. The molecule has 23 heavy (non-hydrogen) atoms. The summed E-state index contributed by atoms with van der Waals surface area (Å²) in [6.45, 7) is 2.25. The number of carbonyl (C=O) groups is 2. The average molecular weight is 447 g/mol. The molecule has 0 aliphatic carbocycles. The Morgan fingerprint density at radius 3 is 1.39 bits per heavy atom. The number of hydrogen-bond acceptors (Lipinski definition) is 3. The molecule has 1 aromatic carbocycles. The van der Waals surface area contributed by atoms with Gasteiger partial charge in [-0.2, -0.15) is 0 Å². The lowest BCUT2D eigenvalue weighted by molar-refractivity contribution is 0.0696. The number of carboxylic acids is 2. The van der Waals surface area contributed by atoms with Crippen LogP contribution in [0.4, 0.5) is 0 Å². The van der Waals surface area contributed by atoms with Crippen LogP contribution in [0.3, 0.4) is 0 Å². The lowest BCUT2D eigenvalue weighted by Crippen LogP contribution is -2.18. The Morgan fingerprint density at radius 2 is 1.22 bits per heavy atom. The Hall–Kier alpha value is -0.140. The van der Waals surface area contributed by atoms with Crippen molar-refractivity contribution < 1.29 is 24.9 Å². The predicted molar refractivity (Wildman–Crippen MR) is 92.0 cm³/mol. The second kappa shape index (κ2) is 9.37. The van der Waals surface area contributed by atoms with Gasteiger partial charge in [0.1, 0.15) is 0 Å². The van der Waals surface area contributed by atoms with Gasteiger partial charge in [-0.15, -0.1) is 0 Å². The molecule has 0 aromatic heterocycles. The van der Waals surface area contributed by atoms with Crippen LogP contribution in [0.1, 0.15) is 39.6 Å². The van der Waals surface area contributed by atoms with Crippen molar-refractivity contribution in [2.75, 3.05) is 6.61 Å². The van der Waals surface area contributed by atoms with E-state index in [4.69, 9.17) is 84.9 Å². The van der Waals surface area contributed by atoms with Crippen molar-refractivity contribution in [1.82, 2.24) is 0 Å². The van der Waals surface area contributed by atoms with Gasteiger partial charge in [0.2, 0.25) is 3.79 Å². The third kappa shape index (κ3) is 5.71. The molecule has 0 saturated heterocycles. The van der Waals surface area contributed by atoms with Crippen molar-refractivity contribution in [3.63, 3.8) is 0 Å². The van der Waals surface area contributed by atoms with Crippen LogP contribution in [0.5, 0.6) is 0 Å². The molecular weight excluding hydrogens is 437 g/mol. The van der Waals surface area contributed by atoms with Gasteiger partial charge < -0.3 is 15.3 Å². The predicted octanol–water partition coefficient (Wildman–Crippen LogP) is 5.26. The van der Waals surface area contributed by atoms with E-state index in [-0.39, 0.29) is 0 Å². The molecule has 11 heteroatoms. The van der Waals surface area contributed by atoms with E-state index in [1.54, 1.807) is 0 Å². The molecule has 130 valence electrons. The van der Waals surface area contributed by atoms with Crippen molar-refractivity contribution >= 4 is 81.5 Å². The van der Waals surface area contributed by atoms with Crippen LogP contribution < -0.4 is 0 Å². The second-order valence-electron chi connectivity index (χ2n) is 3.90. The first-order valence-electron chi connectivity index (χ1n) is 5.76. The summed E-state index contributed by atoms with van der Waals surface area (Å²) in [5.41, 5.74) is -2.11. The minimum absolute atomic E-state index is 0.319. The van der Waals surface area contributed by atoms with Crippen molar-refractivity contribution in [2.24, 2.45) is 0 Å². The quantitative estimate of drug-likeness (QED) is 0.435. The van der Waals surface area contributed by atoms with E-state index in [1.165, 1.54) is 0 Å². The Kier molecular flexibility index (Phi) is 9.31. The fraction of sp³-hybridized carbons (Fsp3) is 0.333. The minimum Gasteiger partial charge on any atom is -0.478 e. The van der Waals surface area contributed by atoms with Crippen LogP contribution in [-0.2, 0) is 3.79 Å². The Labute approximate surface area is 161 Å². The zero-order valence-electron chi connectivity index (χ0n) is 11.3. The molecule has 0 aliphatic rings. The van der Waals surface area contributed by atoms with Crippen LogP contribution >= 0.6 is 69.6 Å². The summed E-state index contributed by atoms with van der Waals surface area (Å²) in [4.78, 5) is 22.3.